The molecule has 0 radical (unpaired) electrons. The summed E-state index contributed by atoms with van der Waals surface area (Å²) < 4.78 is 0. The zero-order chi connectivity index (χ0) is 15.5. The molecule has 120 valence electrons. The van der Waals surface area contributed by atoms with Crippen LogP contribution < -0.4 is 10.9 Å². The lowest BCUT2D eigenvalue weighted by atomic mass is 9.85. The highest BCUT2D eigenvalue weighted by Crippen LogP contribution is 2.29. The second kappa shape index (κ2) is 6.80. The molecule has 1 saturated heterocycles. The van der Waals surface area contributed by atoms with E-state index in [1.54, 1.807) is 0 Å². The summed E-state index contributed by atoms with van der Waals surface area (Å²) in [5.41, 5.74) is 7.71. The molecule has 1 heterocycles. The molecule has 1 amide bonds. The summed E-state index contributed by atoms with van der Waals surface area (Å²) in [5.74, 6) is 0.840. The molecule has 1 saturated carbocycles. The summed E-state index contributed by atoms with van der Waals surface area (Å²) in [7, 11) is 1.98. The van der Waals surface area contributed by atoms with Crippen LogP contribution in [0.4, 0.5) is 0 Å². The van der Waals surface area contributed by atoms with Crippen molar-refractivity contribution in [3.8, 4) is 0 Å². The van der Waals surface area contributed by atoms with Gasteiger partial charge in [-0.05, 0) is 30.7 Å². The fourth-order valence-electron chi connectivity index (χ4n) is 3.90. The minimum absolute atomic E-state index is 0.121. The number of hydrogen-bond donors (Lipinski definition) is 2. The first-order chi connectivity index (χ1) is 10.7. The fourth-order valence-corrected chi connectivity index (χ4v) is 3.90. The number of carbonyl (C=O) groups excluding carboxylic acids is 1. The normalized spacial score (nSPS) is 31.9. The number of likely N-dealkylation sites (N-methyl/N-ethyl adjacent to an activating group) is 1. The van der Waals surface area contributed by atoms with Crippen LogP contribution in [0.2, 0.25) is 0 Å². The van der Waals surface area contributed by atoms with E-state index in [9.17, 15) is 4.79 Å². The minimum atomic E-state index is -0.121. The summed E-state index contributed by atoms with van der Waals surface area (Å²) >= 11 is 0. The van der Waals surface area contributed by atoms with Gasteiger partial charge in [0.1, 0.15) is 6.04 Å². The van der Waals surface area contributed by atoms with E-state index in [4.69, 9.17) is 0 Å². The number of nitrogens with one attached hydrogen (secondary N) is 2. The summed E-state index contributed by atoms with van der Waals surface area (Å²) in [6.45, 7) is 2.28. The first kappa shape index (κ1) is 15.5. The molecule has 22 heavy (non-hydrogen) atoms. The molecule has 1 aromatic rings. The van der Waals surface area contributed by atoms with Crippen molar-refractivity contribution >= 4 is 5.91 Å². The van der Waals surface area contributed by atoms with Crippen molar-refractivity contribution < 1.29 is 4.79 Å². The molecule has 1 aliphatic carbocycles. The van der Waals surface area contributed by atoms with E-state index < -0.39 is 0 Å². The molecular formula is C18H27N3O. The van der Waals surface area contributed by atoms with E-state index in [1.807, 2.05) is 30.1 Å². The van der Waals surface area contributed by atoms with E-state index in [-0.39, 0.29) is 18.0 Å². The first-order valence-corrected chi connectivity index (χ1v) is 8.49. The lowest BCUT2D eigenvalue weighted by molar-refractivity contribution is -0.135. The predicted octanol–water partition coefficient (Wildman–Crippen LogP) is 2.63. The molecule has 2 fully saturated rings. The van der Waals surface area contributed by atoms with E-state index >= 15 is 0 Å². The number of hydrogen-bond acceptors (Lipinski definition) is 3. The Hall–Kier alpha value is -1.39. The van der Waals surface area contributed by atoms with E-state index in [1.165, 1.54) is 24.8 Å². The van der Waals surface area contributed by atoms with Gasteiger partial charge in [-0.3, -0.25) is 4.79 Å². The van der Waals surface area contributed by atoms with E-state index in [0.29, 0.717) is 12.0 Å². The minimum Gasteiger partial charge on any atom is -0.341 e. The number of hydrazine groups is 1. The average Bonchev–Trinajstić information content (AvgIpc) is 3.05. The predicted molar refractivity (Wildman–Crippen MR) is 88.0 cm³/mol. The van der Waals surface area contributed by atoms with E-state index in [0.717, 1.165) is 12.8 Å². The van der Waals surface area contributed by atoms with Gasteiger partial charge >= 0.3 is 0 Å². The van der Waals surface area contributed by atoms with Gasteiger partial charge in [-0.15, -0.1) is 0 Å². The number of carbonyl (C=O) groups is 1. The van der Waals surface area contributed by atoms with Crippen molar-refractivity contribution in [3.05, 3.63) is 35.9 Å². The Labute approximate surface area is 133 Å². The zero-order valence-electron chi connectivity index (χ0n) is 13.6. The van der Waals surface area contributed by atoms with Crippen LogP contribution in [0.5, 0.6) is 0 Å². The average molecular weight is 301 g/mol. The standard InChI is InChI=1S/C18H27N3O/c1-13-8-6-7-11-17(13)21(2)18(22)16-12-15(19-20-16)14-9-4-3-5-10-14/h3-5,9-10,13,15-17,19-20H,6-8,11-12H2,1-2H3. The fraction of sp³-hybridized carbons (Fsp3) is 0.611. The van der Waals surface area contributed by atoms with Crippen LogP contribution in [0.1, 0.15) is 50.6 Å². The molecular weight excluding hydrogens is 274 g/mol. The number of nitrogens with zero attached hydrogens (tertiary/aromatic N) is 1. The molecule has 0 aromatic heterocycles. The molecule has 4 atom stereocenters. The molecule has 4 unspecified atom stereocenters. The molecule has 3 rings (SSSR count). The quantitative estimate of drug-likeness (QED) is 0.902. The Morgan fingerprint density at radius 3 is 2.59 bits per heavy atom. The van der Waals surface area contributed by atoms with Crippen LogP contribution in [0, 0.1) is 5.92 Å². The lowest BCUT2D eigenvalue weighted by Crippen LogP contribution is -2.50. The van der Waals surface area contributed by atoms with Crippen LogP contribution in [0.15, 0.2) is 30.3 Å². The Kier molecular flexibility index (Phi) is 4.79. The summed E-state index contributed by atoms with van der Waals surface area (Å²) in [4.78, 5) is 14.8. The zero-order valence-corrected chi connectivity index (χ0v) is 13.6. The highest BCUT2D eigenvalue weighted by Gasteiger charge is 2.35. The van der Waals surface area contributed by atoms with Gasteiger partial charge in [0.15, 0.2) is 0 Å². The third-order valence-electron chi connectivity index (χ3n) is 5.31. The van der Waals surface area contributed by atoms with Gasteiger partial charge in [-0.1, -0.05) is 50.1 Å². The molecule has 0 spiro atoms. The van der Waals surface area contributed by atoms with Crippen molar-refractivity contribution in [2.24, 2.45) is 5.92 Å². The van der Waals surface area contributed by atoms with Gasteiger partial charge < -0.3 is 4.90 Å². The Morgan fingerprint density at radius 1 is 1.14 bits per heavy atom. The highest BCUT2D eigenvalue weighted by molar-refractivity contribution is 5.82. The molecule has 1 aliphatic heterocycles. The molecule has 1 aromatic carbocycles. The van der Waals surface area contributed by atoms with Crippen LogP contribution in [-0.4, -0.2) is 29.9 Å². The Morgan fingerprint density at radius 2 is 1.86 bits per heavy atom. The van der Waals surface area contributed by atoms with Crippen LogP contribution in [0.3, 0.4) is 0 Å². The van der Waals surface area contributed by atoms with Crippen molar-refractivity contribution in [1.82, 2.24) is 15.8 Å². The molecule has 2 N–H and O–H groups in total. The van der Waals surface area contributed by atoms with Gasteiger partial charge in [-0.25, -0.2) is 10.9 Å². The Balaban J connectivity index is 1.61. The number of amides is 1. The summed E-state index contributed by atoms with van der Waals surface area (Å²) in [6.07, 6.45) is 5.75. The van der Waals surface area contributed by atoms with Crippen LogP contribution in [-0.2, 0) is 4.79 Å². The molecule has 0 bridgehead atoms. The monoisotopic (exact) mass is 301 g/mol. The van der Waals surface area contributed by atoms with Crippen molar-refractivity contribution in [2.45, 2.75) is 57.2 Å². The first-order valence-electron chi connectivity index (χ1n) is 8.49. The second-order valence-corrected chi connectivity index (χ2v) is 6.82. The van der Waals surface area contributed by atoms with Crippen molar-refractivity contribution in [3.63, 3.8) is 0 Å². The van der Waals surface area contributed by atoms with Crippen molar-refractivity contribution in [1.29, 1.82) is 0 Å². The topological polar surface area (TPSA) is 44.4 Å². The van der Waals surface area contributed by atoms with Gasteiger partial charge in [0.25, 0.3) is 0 Å². The van der Waals surface area contributed by atoms with Gasteiger partial charge in [0.05, 0.1) is 0 Å². The van der Waals surface area contributed by atoms with Gasteiger partial charge in [0, 0.05) is 19.1 Å². The summed E-state index contributed by atoms with van der Waals surface area (Å²) in [5, 5.41) is 0. The van der Waals surface area contributed by atoms with Crippen molar-refractivity contribution in [2.75, 3.05) is 7.05 Å². The third-order valence-corrected chi connectivity index (χ3v) is 5.31. The van der Waals surface area contributed by atoms with Crippen LogP contribution in [0.25, 0.3) is 0 Å². The van der Waals surface area contributed by atoms with Gasteiger partial charge in [0.2, 0.25) is 5.91 Å². The maximum atomic E-state index is 12.8. The molecule has 4 heteroatoms. The maximum Gasteiger partial charge on any atom is 0.241 e. The highest BCUT2D eigenvalue weighted by atomic mass is 16.2. The SMILES string of the molecule is CC1CCCCC1N(C)C(=O)C1CC(c2ccccc2)NN1. The largest absolute Gasteiger partial charge is 0.341 e. The maximum absolute atomic E-state index is 12.8. The smallest absolute Gasteiger partial charge is 0.241 e. The molecule has 2 aliphatic rings. The number of rotatable bonds is 3. The molecule has 4 nitrogen and oxygen atoms in total. The third kappa shape index (κ3) is 3.18. The lowest BCUT2D eigenvalue weighted by Gasteiger charge is -2.37. The number of benzene rings is 1. The Bertz CT molecular complexity index is 504. The van der Waals surface area contributed by atoms with E-state index in [2.05, 4.69) is 29.9 Å². The summed E-state index contributed by atoms with van der Waals surface area (Å²) in [6, 6.07) is 10.8. The van der Waals surface area contributed by atoms with Gasteiger partial charge in [-0.2, -0.15) is 0 Å². The second-order valence-electron chi connectivity index (χ2n) is 6.82. The van der Waals surface area contributed by atoms with Crippen LogP contribution >= 0.6 is 0 Å².